The molecule has 7 nitrogen and oxygen atoms in total. The van der Waals surface area contributed by atoms with Crippen molar-refractivity contribution in [1.82, 2.24) is 15.0 Å². The summed E-state index contributed by atoms with van der Waals surface area (Å²) in [6, 6.07) is 16.2. The number of nitrogens with one attached hydrogen (secondary N) is 2. The maximum absolute atomic E-state index is 12.6. The number of amides is 1. The summed E-state index contributed by atoms with van der Waals surface area (Å²) in [5, 5.41) is 7.60. The number of rotatable bonds is 6. The van der Waals surface area contributed by atoms with Gasteiger partial charge in [0.15, 0.2) is 6.61 Å². The zero-order valence-corrected chi connectivity index (χ0v) is 16.4. The van der Waals surface area contributed by atoms with Crippen LogP contribution in [0.2, 0.25) is 0 Å². The highest BCUT2D eigenvalue weighted by Crippen LogP contribution is 2.26. The van der Waals surface area contributed by atoms with Gasteiger partial charge in [-0.05, 0) is 29.0 Å². The Morgan fingerprint density at radius 2 is 1.81 bits per heavy atom. The van der Waals surface area contributed by atoms with E-state index in [1.807, 2.05) is 42.5 Å². The van der Waals surface area contributed by atoms with Crippen LogP contribution in [-0.4, -0.2) is 33.6 Å². The first-order valence-corrected chi connectivity index (χ1v) is 9.41. The number of anilines is 3. The number of hydrogen-bond donors (Lipinski definition) is 2. The van der Waals surface area contributed by atoms with Crippen LogP contribution in [0, 0.1) is 0 Å². The number of hydrogen-bond acceptors (Lipinski definition) is 6. The number of aromatic nitrogens is 3. The quantitative estimate of drug-likeness (QED) is 0.441. The highest BCUT2D eigenvalue weighted by molar-refractivity contribution is 6.03. The van der Waals surface area contributed by atoms with Gasteiger partial charge in [0.1, 0.15) is 17.1 Å². The average molecular weight is 439 g/mol. The van der Waals surface area contributed by atoms with Crippen molar-refractivity contribution in [3.8, 4) is 5.75 Å². The molecule has 2 heterocycles. The van der Waals surface area contributed by atoms with Gasteiger partial charge in [0.2, 0.25) is 5.95 Å². The van der Waals surface area contributed by atoms with E-state index >= 15 is 0 Å². The largest absolute Gasteiger partial charge is 0.482 e. The molecule has 1 amide bonds. The van der Waals surface area contributed by atoms with Crippen molar-refractivity contribution in [2.45, 2.75) is 6.18 Å². The standard InChI is InChI=1S/C22H16F3N5O2/c23-22(24,25)13-32-19-8-9-26-12-18(19)29-20(31)17-7-10-27-21(30-17)28-16-6-5-14-3-1-2-4-15(14)11-16/h1-12H,13H2,(H,29,31)(H,27,28,30). The summed E-state index contributed by atoms with van der Waals surface area (Å²) in [4.78, 5) is 24.7. The van der Waals surface area contributed by atoms with Crippen molar-refractivity contribution >= 4 is 34.0 Å². The molecule has 0 bridgehead atoms. The average Bonchev–Trinajstić information content (AvgIpc) is 2.78. The maximum atomic E-state index is 12.6. The van der Waals surface area contributed by atoms with E-state index in [-0.39, 0.29) is 23.1 Å². The highest BCUT2D eigenvalue weighted by Gasteiger charge is 2.29. The number of nitrogens with zero attached hydrogens (tertiary/aromatic N) is 3. The van der Waals surface area contributed by atoms with Crippen molar-refractivity contribution in [2.24, 2.45) is 0 Å². The lowest BCUT2D eigenvalue weighted by Crippen LogP contribution is -2.21. The van der Waals surface area contributed by atoms with Gasteiger partial charge in [-0.3, -0.25) is 9.78 Å². The molecule has 162 valence electrons. The number of fused-ring (bicyclic) bond motifs is 1. The van der Waals surface area contributed by atoms with Gasteiger partial charge in [-0.1, -0.05) is 30.3 Å². The van der Waals surface area contributed by atoms with Crippen molar-refractivity contribution in [2.75, 3.05) is 17.2 Å². The van der Waals surface area contributed by atoms with Crippen molar-refractivity contribution in [3.05, 3.63) is 78.9 Å². The molecule has 2 N–H and O–H groups in total. The van der Waals surface area contributed by atoms with Crippen LogP contribution in [0.3, 0.4) is 0 Å². The Bertz CT molecular complexity index is 1260. The molecule has 0 aliphatic rings. The van der Waals surface area contributed by atoms with Gasteiger partial charge in [-0.15, -0.1) is 0 Å². The van der Waals surface area contributed by atoms with E-state index in [4.69, 9.17) is 4.74 Å². The van der Waals surface area contributed by atoms with E-state index in [1.54, 1.807) is 0 Å². The molecule has 4 aromatic rings. The van der Waals surface area contributed by atoms with E-state index in [0.717, 1.165) is 16.5 Å². The number of halogens is 3. The number of carbonyl (C=O) groups is 1. The van der Waals surface area contributed by atoms with Crippen molar-refractivity contribution in [3.63, 3.8) is 0 Å². The molecule has 0 aliphatic heterocycles. The van der Waals surface area contributed by atoms with Crippen LogP contribution >= 0.6 is 0 Å². The van der Waals surface area contributed by atoms with Gasteiger partial charge < -0.3 is 15.4 Å². The van der Waals surface area contributed by atoms with E-state index in [1.165, 1.54) is 30.7 Å². The first kappa shape index (κ1) is 21.0. The monoisotopic (exact) mass is 439 g/mol. The summed E-state index contributed by atoms with van der Waals surface area (Å²) < 4.78 is 42.1. The molecule has 0 fully saturated rings. The van der Waals surface area contributed by atoms with Gasteiger partial charge >= 0.3 is 6.18 Å². The van der Waals surface area contributed by atoms with Crippen LogP contribution in [0.1, 0.15) is 10.5 Å². The fourth-order valence-electron chi connectivity index (χ4n) is 2.89. The maximum Gasteiger partial charge on any atom is 0.422 e. The van der Waals surface area contributed by atoms with Gasteiger partial charge in [0.05, 0.1) is 6.20 Å². The Balaban J connectivity index is 1.49. The second-order valence-corrected chi connectivity index (χ2v) is 6.68. The smallest absolute Gasteiger partial charge is 0.422 e. The molecule has 2 aromatic heterocycles. The van der Waals surface area contributed by atoms with Crippen LogP contribution in [0.5, 0.6) is 5.75 Å². The minimum absolute atomic E-state index is 0.00825. The molecule has 2 aromatic carbocycles. The number of alkyl halides is 3. The fourth-order valence-corrected chi connectivity index (χ4v) is 2.89. The molecular weight excluding hydrogens is 423 g/mol. The van der Waals surface area contributed by atoms with Crippen molar-refractivity contribution in [1.29, 1.82) is 0 Å². The summed E-state index contributed by atoms with van der Waals surface area (Å²) in [6.07, 6.45) is -0.660. The molecule has 0 saturated heterocycles. The van der Waals surface area contributed by atoms with Crippen LogP contribution in [-0.2, 0) is 0 Å². The van der Waals surface area contributed by atoms with Crippen LogP contribution in [0.15, 0.2) is 73.2 Å². The summed E-state index contributed by atoms with van der Waals surface area (Å²) in [6.45, 7) is -1.49. The lowest BCUT2D eigenvalue weighted by Gasteiger charge is -2.13. The lowest BCUT2D eigenvalue weighted by atomic mass is 10.1. The van der Waals surface area contributed by atoms with E-state index in [2.05, 4.69) is 25.6 Å². The normalized spacial score (nSPS) is 11.2. The molecule has 4 rings (SSSR count). The third-order valence-corrected chi connectivity index (χ3v) is 4.31. The molecule has 0 saturated carbocycles. The molecule has 32 heavy (non-hydrogen) atoms. The molecule has 0 aliphatic carbocycles. The molecule has 10 heteroatoms. The third kappa shape index (κ3) is 5.28. The molecule has 0 radical (unpaired) electrons. The summed E-state index contributed by atoms with van der Waals surface area (Å²) in [5.41, 5.74) is 0.731. The number of pyridine rings is 1. The van der Waals surface area contributed by atoms with E-state index in [9.17, 15) is 18.0 Å². The number of ether oxygens (including phenoxy) is 1. The minimum Gasteiger partial charge on any atom is -0.482 e. The van der Waals surface area contributed by atoms with E-state index in [0.29, 0.717) is 0 Å². The SMILES string of the molecule is O=C(Nc1cnccc1OCC(F)(F)F)c1ccnc(Nc2ccc3ccccc3c2)n1. The highest BCUT2D eigenvalue weighted by atomic mass is 19.4. The Morgan fingerprint density at radius 1 is 1.00 bits per heavy atom. The second kappa shape index (κ2) is 8.88. The minimum atomic E-state index is -4.51. The number of benzene rings is 2. The van der Waals surface area contributed by atoms with Crippen LogP contribution in [0.25, 0.3) is 10.8 Å². The fraction of sp³-hybridized carbons (Fsp3) is 0.0909. The Hall–Kier alpha value is -4.21. The molecule has 0 spiro atoms. The van der Waals surface area contributed by atoms with Gasteiger partial charge in [-0.2, -0.15) is 13.2 Å². The summed E-state index contributed by atoms with van der Waals surface area (Å²) >= 11 is 0. The molecule has 0 atom stereocenters. The second-order valence-electron chi connectivity index (χ2n) is 6.68. The van der Waals surface area contributed by atoms with Crippen LogP contribution in [0.4, 0.5) is 30.5 Å². The predicted molar refractivity (Wildman–Crippen MR) is 113 cm³/mol. The predicted octanol–water partition coefficient (Wildman–Crippen LogP) is 4.96. The van der Waals surface area contributed by atoms with Crippen molar-refractivity contribution < 1.29 is 22.7 Å². The molecular formula is C22H16F3N5O2. The summed E-state index contributed by atoms with van der Waals surface area (Å²) in [5.74, 6) is -0.624. The zero-order chi connectivity index (χ0) is 22.6. The molecule has 0 unspecified atom stereocenters. The first-order chi connectivity index (χ1) is 15.4. The van der Waals surface area contributed by atoms with E-state index < -0.39 is 18.7 Å². The Morgan fingerprint density at radius 3 is 2.62 bits per heavy atom. The summed E-state index contributed by atoms with van der Waals surface area (Å²) in [7, 11) is 0. The van der Waals surface area contributed by atoms with Gasteiger partial charge in [0.25, 0.3) is 5.91 Å². The van der Waals surface area contributed by atoms with Crippen LogP contribution < -0.4 is 15.4 Å². The van der Waals surface area contributed by atoms with Gasteiger partial charge in [0, 0.05) is 24.1 Å². The zero-order valence-electron chi connectivity index (χ0n) is 16.4. The number of carbonyl (C=O) groups excluding carboxylic acids is 1. The third-order valence-electron chi connectivity index (χ3n) is 4.31. The Labute approximate surface area is 180 Å². The first-order valence-electron chi connectivity index (χ1n) is 9.41. The van der Waals surface area contributed by atoms with Gasteiger partial charge in [-0.25, -0.2) is 9.97 Å². The Kier molecular flexibility index (Phi) is 5.84. The lowest BCUT2D eigenvalue weighted by molar-refractivity contribution is -0.153. The topological polar surface area (TPSA) is 89.0 Å².